The van der Waals surface area contributed by atoms with Crippen LogP contribution in [0, 0.1) is 0 Å². The van der Waals surface area contributed by atoms with Gasteiger partial charge in [0, 0.05) is 32.2 Å². The summed E-state index contributed by atoms with van der Waals surface area (Å²) in [4.78, 5) is 14.4. The van der Waals surface area contributed by atoms with Crippen LogP contribution in [0.4, 0.5) is 4.79 Å². The van der Waals surface area contributed by atoms with E-state index in [1.54, 1.807) is 0 Å². The Hall–Kier alpha value is -0.810. The fraction of sp³-hybridized carbons (Fsp3) is 0.900. The van der Waals surface area contributed by atoms with Gasteiger partial charge in [-0.3, -0.25) is 4.90 Å². The average Bonchev–Trinajstić information content (AvgIpc) is 1.97. The summed E-state index contributed by atoms with van der Waals surface area (Å²) >= 11 is 0. The quantitative estimate of drug-likeness (QED) is 0.689. The molecule has 0 radical (unpaired) electrons. The summed E-state index contributed by atoms with van der Waals surface area (Å²) in [5.41, 5.74) is -0.0953. The first-order valence-corrected chi connectivity index (χ1v) is 5.34. The molecule has 15 heavy (non-hydrogen) atoms. The zero-order chi connectivity index (χ0) is 11.1. The second-order valence-corrected chi connectivity index (χ2v) is 4.92. The molecule has 5 nitrogen and oxygen atoms in total. The van der Waals surface area contributed by atoms with Crippen LogP contribution in [-0.2, 0) is 4.74 Å². The van der Waals surface area contributed by atoms with Gasteiger partial charge >= 0.3 is 6.09 Å². The van der Waals surface area contributed by atoms with Crippen LogP contribution in [0.25, 0.3) is 0 Å². The summed E-state index contributed by atoms with van der Waals surface area (Å²) in [7, 11) is 0. The Kier molecular flexibility index (Phi) is 2.60. The Bertz CT molecular complexity index is 261. The predicted molar refractivity (Wildman–Crippen MR) is 55.0 cm³/mol. The minimum Gasteiger partial charge on any atom is -0.465 e. The van der Waals surface area contributed by atoms with Gasteiger partial charge in [0.15, 0.2) is 0 Å². The molecule has 0 aromatic rings. The molecular weight excluding hydrogens is 196 g/mol. The number of morpholine rings is 1. The summed E-state index contributed by atoms with van der Waals surface area (Å²) in [6, 6.07) is 0.393. The summed E-state index contributed by atoms with van der Waals surface area (Å²) in [5, 5.41) is 8.73. The molecule has 0 unspecified atom stereocenters. The smallest absolute Gasteiger partial charge is 0.407 e. The molecule has 1 amide bonds. The average molecular weight is 214 g/mol. The molecule has 0 atom stereocenters. The van der Waals surface area contributed by atoms with Crippen LogP contribution in [0.5, 0.6) is 0 Å². The van der Waals surface area contributed by atoms with Crippen molar-refractivity contribution in [2.75, 3.05) is 32.8 Å². The molecule has 0 aromatic heterocycles. The molecule has 5 heteroatoms. The van der Waals surface area contributed by atoms with Gasteiger partial charge in [-0.2, -0.15) is 0 Å². The zero-order valence-corrected chi connectivity index (χ0v) is 9.27. The number of likely N-dealkylation sites (tertiary alicyclic amines) is 1. The van der Waals surface area contributed by atoms with Gasteiger partial charge in [-0.05, 0) is 13.8 Å². The predicted octanol–water partition coefficient (Wildman–Crippen LogP) is 0.459. The minimum atomic E-state index is -0.807. The van der Waals surface area contributed by atoms with Crippen LogP contribution in [0.1, 0.15) is 13.8 Å². The van der Waals surface area contributed by atoms with Gasteiger partial charge < -0.3 is 14.7 Å². The molecule has 2 aliphatic rings. The van der Waals surface area contributed by atoms with Crippen molar-refractivity contribution >= 4 is 6.09 Å². The van der Waals surface area contributed by atoms with Crippen molar-refractivity contribution in [1.29, 1.82) is 0 Å². The molecule has 0 saturated carbocycles. The molecule has 2 rings (SSSR count). The third-order valence-electron chi connectivity index (χ3n) is 3.10. The van der Waals surface area contributed by atoms with E-state index >= 15 is 0 Å². The van der Waals surface area contributed by atoms with E-state index in [9.17, 15) is 4.79 Å². The third kappa shape index (κ3) is 2.23. The highest BCUT2D eigenvalue weighted by Gasteiger charge is 2.38. The molecule has 1 N–H and O–H groups in total. The van der Waals surface area contributed by atoms with E-state index in [4.69, 9.17) is 9.84 Å². The van der Waals surface area contributed by atoms with Gasteiger partial charge in [0.1, 0.15) is 0 Å². The van der Waals surface area contributed by atoms with Crippen LogP contribution in [-0.4, -0.2) is 65.4 Å². The summed E-state index contributed by atoms with van der Waals surface area (Å²) in [6.45, 7) is 8.00. The maximum atomic E-state index is 10.6. The molecular formula is C10H18N2O3. The van der Waals surface area contributed by atoms with Crippen LogP contribution < -0.4 is 0 Å². The highest BCUT2D eigenvalue weighted by Crippen LogP contribution is 2.22. The van der Waals surface area contributed by atoms with E-state index in [2.05, 4.69) is 18.7 Å². The van der Waals surface area contributed by atoms with Crippen LogP contribution >= 0.6 is 0 Å². The fourth-order valence-corrected chi connectivity index (χ4v) is 2.21. The maximum absolute atomic E-state index is 10.6. The molecule has 2 aliphatic heterocycles. The number of amides is 1. The van der Waals surface area contributed by atoms with E-state index in [1.165, 1.54) is 4.90 Å². The lowest BCUT2D eigenvalue weighted by molar-refractivity contribution is -0.112. The van der Waals surface area contributed by atoms with Gasteiger partial charge in [-0.15, -0.1) is 0 Å². The van der Waals surface area contributed by atoms with E-state index in [0.29, 0.717) is 19.1 Å². The van der Waals surface area contributed by atoms with Crippen LogP contribution in [0.15, 0.2) is 0 Å². The van der Waals surface area contributed by atoms with E-state index in [0.717, 1.165) is 19.7 Å². The number of carbonyl (C=O) groups is 1. The Balaban J connectivity index is 1.84. The summed E-state index contributed by atoms with van der Waals surface area (Å²) < 4.78 is 5.62. The number of carboxylic acid groups (broad SMARTS) is 1. The van der Waals surface area contributed by atoms with Gasteiger partial charge in [0.25, 0.3) is 0 Å². The first-order valence-electron chi connectivity index (χ1n) is 5.34. The number of hydrogen-bond acceptors (Lipinski definition) is 3. The van der Waals surface area contributed by atoms with Crippen molar-refractivity contribution in [2.45, 2.75) is 25.5 Å². The first kappa shape index (κ1) is 10.7. The van der Waals surface area contributed by atoms with Crippen LogP contribution in [0.2, 0.25) is 0 Å². The van der Waals surface area contributed by atoms with Gasteiger partial charge in [-0.1, -0.05) is 0 Å². The van der Waals surface area contributed by atoms with Crippen molar-refractivity contribution in [1.82, 2.24) is 9.80 Å². The van der Waals surface area contributed by atoms with Gasteiger partial charge in [0.2, 0.25) is 0 Å². The van der Waals surface area contributed by atoms with Crippen molar-refractivity contribution < 1.29 is 14.6 Å². The van der Waals surface area contributed by atoms with Crippen molar-refractivity contribution in [2.24, 2.45) is 0 Å². The summed E-state index contributed by atoms with van der Waals surface area (Å²) in [6.07, 6.45) is -0.807. The summed E-state index contributed by atoms with van der Waals surface area (Å²) in [5.74, 6) is 0. The standard InChI is InChI=1S/C10H18N2O3/c1-10(2)7-11(3-4-15-10)8-5-12(6-8)9(13)14/h8H,3-7H2,1-2H3,(H,13,14). The molecule has 86 valence electrons. The number of hydrogen-bond donors (Lipinski definition) is 1. The molecule has 0 aromatic carbocycles. The van der Waals surface area contributed by atoms with Crippen LogP contribution in [0.3, 0.4) is 0 Å². The number of ether oxygens (including phenoxy) is 1. The SMILES string of the molecule is CC1(C)CN(C2CN(C(=O)O)C2)CCO1. The lowest BCUT2D eigenvalue weighted by atomic mass is 10.0. The van der Waals surface area contributed by atoms with E-state index in [-0.39, 0.29) is 5.60 Å². The number of rotatable bonds is 1. The zero-order valence-electron chi connectivity index (χ0n) is 9.27. The molecule has 2 heterocycles. The number of nitrogens with zero attached hydrogens (tertiary/aromatic N) is 2. The first-order chi connectivity index (χ1) is 6.98. The second kappa shape index (κ2) is 3.64. The van der Waals surface area contributed by atoms with E-state index in [1.807, 2.05) is 0 Å². The van der Waals surface area contributed by atoms with Crippen molar-refractivity contribution in [3.63, 3.8) is 0 Å². The van der Waals surface area contributed by atoms with Crippen molar-refractivity contribution in [3.8, 4) is 0 Å². The van der Waals surface area contributed by atoms with Gasteiger partial charge in [0.05, 0.1) is 12.2 Å². The Labute approximate surface area is 89.6 Å². The molecule has 2 fully saturated rings. The monoisotopic (exact) mass is 214 g/mol. The maximum Gasteiger partial charge on any atom is 0.407 e. The minimum absolute atomic E-state index is 0.0953. The highest BCUT2D eigenvalue weighted by molar-refractivity contribution is 5.66. The van der Waals surface area contributed by atoms with E-state index < -0.39 is 6.09 Å². The lowest BCUT2D eigenvalue weighted by Gasteiger charge is -2.48. The third-order valence-corrected chi connectivity index (χ3v) is 3.10. The van der Waals surface area contributed by atoms with Crippen molar-refractivity contribution in [3.05, 3.63) is 0 Å². The van der Waals surface area contributed by atoms with Gasteiger partial charge in [-0.25, -0.2) is 4.79 Å². The lowest BCUT2D eigenvalue weighted by Crippen LogP contribution is -2.64. The normalized spacial score (nSPS) is 27.5. The topological polar surface area (TPSA) is 53.0 Å². The molecule has 0 spiro atoms. The molecule has 2 saturated heterocycles. The Morgan fingerprint density at radius 3 is 2.67 bits per heavy atom. The molecule has 0 bridgehead atoms. The Morgan fingerprint density at radius 1 is 1.47 bits per heavy atom. The highest BCUT2D eigenvalue weighted by atomic mass is 16.5. The second-order valence-electron chi connectivity index (χ2n) is 4.92. The largest absolute Gasteiger partial charge is 0.465 e. The fourth-order valence-electron chi connectivity index (χ4n) is 2.21. The Morgan fingerprint density at radius 2 is 2.13 bits per heavy atom. The molecule has 0 aliphatic carbocycles.